The second-order valence-corrected chi connectivity index (χ2v) is 3.53. The van der Waals surface area contributed by atoms with Gasteiger partial charge < -0.3 is 25.4 Å². The zero-order valence-electron chi connectivity index (χ0n) is 7.90. The Morgan fingerprint density at radius 2 is 2.15 bits per heavy atom. The molecule has 0 spiro atoms. The van der Waals surface area contributed by atoms with Crippen LogP contribution in [0.25, 0.3) is 0 Å². The topological polar surface area (TPSA) is 85.2 Å². The minimum absolute atomic E-state index is 0.0255. The monoisotopic (exact) mass is 191 g/mol. The fraction of sp³-hybridized carbons (Fsp3) is 1.00. The van der Waals surface area contributed by atoms with E-state index >= 15 is 0 Å². The Morgan fingerprint density at radius 3 is 2.54 bits per heavy atom. The van der Waals surface area contributed by atoms with E-state index in [1.165, 1.54) is 6.92 Å². The summed E-state index contributed by atoms with van der Waals surface area (Å²) in [7, 11) is 0. The van der Waals surface area contributed by atoms with Gasteiger partial charge in [-0.05, 0) is 13.8 Å². The van der Waals surface area contributed by atoms with Crippen molar-refractivity contribution in [2.75, 3.05) is 13.2 Å². The van der Waals surface area contributed by atoms with E-state index in [-0.39, 0.29) is 18.8 Å². The van der Waals surface area contributed by atoms with Gasteiger partial charge in [-0.15, -0.1) is 0 Å². The van der Waals surface area contributed by atoms with Gasteiger partial charge in [0, 0.05) is 12.6 Å². The van der Waals surface area contributed by atoms with Gasteiger partial charge in [0.05, 0.1) is 6.61 Å². The summed E-state index contributed by atoms with van der Waals surface area (Å²) in [5, 5.41) is 30.2. The first-order chi connectivity index (χ1) is 6.00. The van der Waals surface area contributed by atoms with Crippen LogP contribution in [-0.4, -0.2) is 52.5 Å². The van der Waals surface area contributed by atoms with Crippen molar-refractivity contribution in [3.05, 3.63) is 0 Å². The largest absolute Gasteiger partial charge is 0.395 e. The van der Waals surface area contributed by atoms with Crippen LogP contribution in [0.1, 0.15) is 13.8 Å². The lowest BCUT2D eigenvalue weighted by atomic mass is 10.1. The van der Waals surface area contributed by atoms with E-state index in [1.54, 1.807) is 0 Å². The molecule has 4 N–H and O–H groups in total. The molecule has 4 atom stereocenters. The molecule has 1 rings (SSSR count). The van der Waals surface area contributed by atoms with Gasteiger partial charge >= 0.3 is 0 Å². The Balaban J connectivity index is 2.20. The number of epoxide rings is 1. The van der Waals surface area contributed by atoms with E-state index in [0.29, 0.717) is 6.54 Å². The van der Waals surface area contributed by atoms with Gasteiger partial charge in [0.1, 0.15) is 12.2 Å². The molecule has 1 saturated heterocycles. The van der Waals surface area contributed by atoms with Crippen molar-refractivity contribution in [3.63, 3.8) is 0 Å². The molecule has 0 radical (unpaired) electrons. The van der Waals surface area contributed by atoms with E-state index < -0.39 is 11.9 Å². The maximum atomic E-state index is 9.48. The quantitative estimate of drug-likeness (QED) is 0.394. The Morgan fingerprint density at radius 1 is 1.54 bits per heavy atom. The highest BCUT2D eigenvalue weighted by atomic mass is 16.7. The number of aliphatic hydroxyl groups is 3. The molecular weight excluding hydrogens is 174 g/mol. The molecule has 13 heavy (non-hydrogen) atoms. The van der Waals surface area contributed by atoms with Crippen LogP contribution in [0.4, 0.5) is 0 Å². The van der Waals surface area contributed by atoms with Crippen LogP contribution in [0.15, 0.2) is 0 Å². The van der Waals surface area contributed by atoms with Crippen molar-refractivity contribution in [2.45, 2.75) is 37.9 Å². The average molecular weight is 191 g/mol. The van der Waals surface area contributed by atoms with Gasteiger partial charge in [-0.2, -0.15) is 0 Å². The molecule has 0 aromatic rings. The van der Waals surface area contributed by atoms with Crippen molar-refractivity contribution in [1.82, 2.24) is 5.32 Å². The molecule has 1 fully saturated rings. The zero-order valence-corrected chi connectivity index (χ0v) is 7.90. The number of rotatable bonds is 5. The molecule has 1 heterocycles. The summed E-state index contributed by atoms with van der Waals surface area (Å²) in [6, 6.07) is -0.0255. The Kier molecular flexibility index (Phi) is 3.26. The Labute approximate surface area is 77.3 Å². The van der Waals surface area contributed by atoms with Gasteiger partial charge in [0.25, 0.3) is 0 Å². The number of ether oxygens (including phenoxy) is 1. The molecule has 0 aromatic heterocycles. The highest BCUT2D eigenvalue weighted by molar-refractivity contribution is 4.98. The number of nitrogens with one attached hydrogen (secondary N) is 1. The van der Waals surface area contributed by atoms with Crippen molar-refractivity contribution < 1.29 is 20.1 Å². The lowest BCUT2D eigenvalue weighted by Gasteiger charge is -2.11. The minimum atomic E-state index is -1.39. The summed E-state index contributed by atoms with van der Waals surface area (Å²) in [5.41, 5.74) is 0. The predicted octanol–water partition coefficient (Wildman–Crippen LogP) is -1.57. The van der Waals surface area contributed by atoms with Crippen LogP contribution in [0.3, 0.4) is 0 Å². The summed E-state index contributed by atoms with van der Waals surface area (Å²) in [6.45, 7) is 3.78. The van der Waals surface area contributed by atoms with E-state index in [9.17, 15) is 5.11 Å². The summed E-state index contributed by atoms with van der Waals surface area (Å²) in [5.74, 6) is -1.39. The highest BCUT2D eigenvalue weighted by Gasteiger charge is 2.58. The second-order valence-electron chi connectivity index (χ2n) is 3.53. The summed E-state index contributed by atoms with van der Waals surface area (Å²) < 4.78 is 4.92. The maximum absolute atomic E-state index is 9.48. The lowest BCUT2D eigenvalue weighted by Crippen LogP contribution is -2.37. The third-order valence-corrected chi connectivity index (χ3v) is 2.26. The Hall–Kier alpha value is -0.200. The first kappa shape index (κ1) is 10.9. The van der Waals surface area contributed by atoms with E-state index in [2.05, 4.69) is 5.32 Å². The van der Waals surface area contributed by atoms with Crippen molar-refractivity contribution in [2.24, 2.45) is 0 Å². The van der Waals surface area contributed by atoms with E-state index in [0.717, 1.165) is 0 Å². The third kappa shape index (κ3) is 2.38. The van der Waals surface area contributed by atoms with Crippen LogP contribution in [0.2, 0.25) is 0 Å². The van der Waals surface area contributed by atoms with Crippen LogP contribution < -0.4 is 5.32 Å². The van der Waals surface area contributed by atoms with E-state index in [1.807, 2.05) is 6.92 Å². The molecule has 0 aromatic carbocycles. The molecule has 0 amide bonds. The van der Waals surface area contributed by atoms with E-state index in [4.69, 9.17) is 14.9 Å². The number of aliphatic hydroxyl groups excluding tert-OH is 2. The summed E-state index contributed by atoms with van der Waals surface area (Å²) in [4.78, 5) is 0. The van der Waals surface area contributed by atoms with Crippen LogP contribution in [0, 0.1) is 0 Å². The van der Waals surface area contributed by atoms with Crippen molar-refractivity contribution in [1.29, 1.82) is 0 Å². The standard InChI is InChI=1S/C8H17NO4/c1-5(4-10)9-3-7-8(12,13-7)6(2)11/h5-7,9-12H,3-4H2,1-2H3. The van der Waals surface area contributed by atoms with Crippen LogP contribution >= 0.6 is 0 Å². The normalized spacial score (nSPS) is 37.2. The van der Waals surface area contributed by atoms with Gasteiger partial charge in [0.2, 0.25) is 5.79 Å². The molecular formula is C8H17NO4. The number of hydrogen-bond acceptors (Lipinski definition) is 5. The van der Waals surface area contributed by atoms with Crippen LogP contribution in [-0.2, 0) is 4.74 Å². The molecule has 1 aliphatic rings. The summed E-state index contributed by atoms with van der Waals surface area (Å²) >= 11 is 0. The van der Waals surface area contributed by atoms with Crippen LogP contribution in [0.5, 0.6) is 0 Å². The molecule has 5 heteroatoms. The maximum Gasteiger partial charge on any atom is 0.220 e. The fourth-order valence-electron chi connectivity index (χ4n) is 1.12. The predicted molar refractivity (Wildman–Crippen MR) is 46.1 cm³/mol. The molecule has 78 valence electrons. The van der Waals surface area contributed by atoms with Crippen molar-refractivity contribution in [3.8, 4) is 0 Å². The van der Waals surface area contributed by atoms with Gasteiger partial charge in [-0.1, -0.05) is 0 Å². The molecule has 0 bridgehead atoms. The molecule has 5 nitrogen and oxygen atoms in total. The Bertz CT molecular complexity index is 176. The molecule has 4 unspecified atom stereocenters. The number of hydrogen-bond donors (Lipinski definition) is 4. The molecule has 0 aliphatic carbocycles. The first-order valence-electron chi connectivity index (χ1n) is 4.43. The second kappa shape index (κ2) is 3.89. The lowest BCUT2D eigenvalue weighted by molar-refractivity contribution is -0.0621. The first-order valence-corrected chi connectivity index (χ1v) is 4.43. The van der Waals surface area contributed by atoms with Gasteiger partial charge in [-0.3, -0.25) is 0 Å². The summed E-state index contributed by atoms with van der Waals surface area (Å²) in [6.07, 6.45) is -1.26. The SMILES string of the molecule is CC(CO)NCC1OC1(O)C(C)O. The molecule has 1 aliphatic heterocycles. The smallest absolute Gasteiger partial charge is 0.220 e. The van der Waals surface area contributed by atoms with Gasteiger partial charge in [-0.25, -0.2) is 0 Å². The van der Waals surface area contributed by atoms with Crippen molar-refractivity contribution >= 4 is 0 Å². The third-order valence-electron chi connectivity index (χ3n) is 2.26. The fourth-order valence-corrected chi connectivity index (χ4v) is 1.12. The highest BCUT2D eigenvalue weighted by Crippen LogP contribution is 2.36. The minimum Gasteiger partial charge on any atom is -0.395 e. The van der Waals surface area contributed by atoms with Gasteiger partial charge in [0.15, 0.2) is 0 Å². The molecule has 0 saturated carbocycles. The zero-order chi connectivity index (χ0) is 10.1. The average Bonchev–Trinajstić information content (AvgIpc) is 2.75.